The van der Waals surface area contributed by atoms with Gasteiger partial charge in [-0.15, -0.1) is 0 Å². The molecule has 5 heteroatoms. The van der Waals surface area contributed by atoms with E-state index in [1.165, 1.54) is 6.07 Å². The van der Waals surface area contributed by atoms with Crippen LogP contribution in [0.5, 0.6) is 17.2 Å². The third-order valence-electron chi connectivity index (χ3n) is 4.17. The molecule has 1 unspecified atom stereocenters. The molecule has 0 heterocycles. The van der Waals surface area contributed by atoms with Crippen molar-refractivity contribution in [1.29, 1.82) is 0 Å². The Kier molecular flexibility index (Phi) is 5.36. The number of benzene rings is 2. The second kappa shape index (κ2) is 7.11. The van der Waals surface area contributed by atoms with Crippen molar-refractivity contribution in [2.24, 2.45) is 0 Å². The van der Waals surface area contributed by atoms with Crippen molar-refractivity contribution in [3.8, 4) is 17.2 Å². The Hall–Kier alpha value is -2.24. The van der Waals surface area contributed by atoms with Gasteiger partial charge in [0.1, 0.15) is 5.75 Å². The number of phenols is 3. The molecular weight excluding hydrogens is 306 g/mol. The zero-order valence-electron chi connectivity index (χ0n) is 14.2. The van der Waals surface area contributed by atoms with Crippen LogP contribution >= 0.6 is 0 Å². The summed E-state index contributed by atoms with van der Waals surface area (Å²) in [6.07, 6.45) is -0.0598. The Morgan fingerprint density at radius 3 is 2.25 bits per heavy atom. The van der Waals surface area contributed by atoms with Crippen LogP contribution in [0.4, 0.5) is 0 Å². The van der Waals surface area contributed by atoms with Crippen molar-refractivity contribution in [3.63, 3.8) is 0 Å². The lowest BCUT2D eigenvalue weighted by atomic mass is 9.94. The van der Waals surface area contributed by atoms with Crippen LogP contribution in [0.1, 0.15) is 36.6 Å². The molecule has 24 heavy (non-hydrogen) atoms. The summed E-state index contributed by atoms with van der Waals surface area (Å²) >= 11 is 0. The molecule has 0 aliphatic rings. The van der Waals surface area contributed by atoms with E-state index in [-0.39, 0.29) is 22.8 Å². The molecule has 5 nitrogen and oxygen atoms in total. The number of aliphatic hydroxyl groups is 1. The molecule has 2 aromatic rings. The van der Waals surface area contributed by atoms with Gasteiger partial charge in [0.05, 0.1) is 6.10 Å². The molecule has 0 saturated carbocycles. The van der Waals surface area contributed by atoms with E-state index in [1.807, 2.05) is 26.0 Å². The third-order valence-corrected chi connectivity index (χ3v) is 4.17. The minimum atomic E-state index is -0.796. The molecule has 0 radical (unpaired) electrons. The monoisotopic (exact) mass is 331 g/mol. The maximum atomic E-state index is 10.4. The molecule has 1 atom stereocenters. The molecule has 0 saturated heterocycles. The van der Waals surface area contributed by atoms with E-state index in [0.29, 0.717) is 17.7 Å². The summed E-state index contributed by atoms with van der Waals surface area (Å²) in [6, 6.07) is 10.0. The first-order chi connectivity index (χ1) is 11.2. The fourth-order valence-electron chi connectivity index (χ4n) is 2.73. The predicted octanol–water partition coefficient (Wildman–Crippen LogP) is 2.76. The summed E-state index contributed by atoms with van der Waals surface area (Å²) in [4.78, 5) is 0. The molecule has 0 aliphatic carbocycles. The minimum Gasteiger partial charge on any atom is -0.508 e. The summed E-state index contributed by atoms with van der Waals surface area (Å²) in [5.74, 6) is -0.151. The smallest absolute Gasteiger partial charge is 0.160 e. The minimum absolute atomic E-state index is 0.191. The van der Waals surface area contributed by atoms with E-state index >= 15 is 0 Å². The molecule has 0 aliphatic heterocycles. The molecule has 130 valence electrons. The number of phenolic OH excluding ortho intramolecular Hbond substituents is 3. The molecule has 0 spiro atoms. The predicted molar refractivity (Wildman–Crippen MR) is 93.4 cm³/mol. The first-order valence-electron chi connectivity index (χ1n) is 7.92. The quantitative estimate of drug-likeness (QED) is 0.525. The summed E-state index contributed by atoms with van der Waals surface area (Å²) in [6.45, 7) is 6.05. The average Bonchev–Trinajstić information content (AvgIpc) is 2.53. The van der Waals surface area contributed by atoms with Gasteiger partial charge in [-0.1, -0.05) is 18.2 Å². The second-order valence-corrected chi connectivity index (χ2v) is 6.77. The highest BCUT2D eigenvalue weighted by Crippen LogP contribution is 2.33. The number of rotatable bonds is 6. The number of hydrogen-bond donors (Lipinski definition) is 5. The van der Waals surface area contributed by atoms with Crippen molar-refractivity contribution in [2.45, 2.75) is 38.8 Å². The lowest BCUT2D eigenvalue weighted by Gasteiger charge is -2.28. The zero-order chi connectivity index (χ0) is 17.9. The zero-order valence-corrected chi connectivity index (χ0v) is 14.2. The first-order valence-corrected chi connectivity index (χ1v) is 7.92. The van der Waals surface area contributed by atoms with Crippen molar-refractivity contribution < 1.29 is 20.4 Å². The summed E-state index contributed by atoms with van der Waals surface area (Å²) < 4.78 is 0. The highest BCUT2D eigenvalue weighted by molar-refractivity contribution is 5.48. The van der Waals surface area contributed by atoms with Crippen LogP contribution in [0.3, 0.4) is 0 Å². The fourth-order valence-corrected chi connectivity index (χ4v) is 2.73. The van der Waals surface area contributed by atoms with Gasteiger partial charge >= 0.3 is 0 Å². The van der Waals surface area contributed by atoms with Gasteiger partial charge in [-0.3, -0.25) is 0 Å². The van der Waals surface area contributed by atoms with Gasteiger partial charge in [0.25, 0.3) is 0 Å². The van der Waals surface area contributed by atoms with Crippen molar-refractivity contribution >= 4 is 0 Å². The Bertz CT molecular complexity index is 695. The van der Waals surface area contributed by atoms with E-state index < -0.39 is 6.10 Å². The normalized spacial score (nSPS) is 13.0. The molecule has 0 aromatic heterocycles. The largest absolute Gasteiger partial charge is 0.508 e. The highest BCUT2D eigenvalue weighted by atomic mass is 16.3. The molecule has 0 amide bonds. The fraction of sp³-hybridized carbons (Fsp3) is 0.368. The van der Waals surface area contributed by atoms with Gasteiger partial charge in [0.15, 0.2) is 11.5 Å². The van der Waals surface area contributed by atoms with Gasteiger partial charge in [-0.05, 0) is 56.5 Å². The number of aromatic hydroxyl groups is 3. The summed E-state index contributed by atoms with van der Waals surface area (Å²) in [7, 11) is 0. The van der Waals surface area contributed by atoms with Crippen LogP contribution in [0.2, 0.25) is 0 Å². The van der Waals surface area contributed by atoms with Crippen LogP contribution < -0.4 is 5.32 Å². The highest BCUT2D eigenvalue weighted by Gasteiger charge is 2.21. The topological polar surface area (TPSA) is 93.0 Å². The molecule has 0 fully saturated rings. The average molecular weight is 331 g/mol. The lowest BCUT2D eigenvalue weighted by Crippen LogP contribution is -2.43. The van der Waals surface area contributed by atoms with E-state index in [0.717, 1.165) is 12.0 Å². The first kappa shape index (κ1) is 18.1. The number of hydrogen-bond acceptors (Lipinski definition) is 5. The Labute approximate surface area is 142 Å². The van der Waals surface area contributed by atoms with Gasteiger partial charge in [-0.2, -0.15) is 0 Å². The molecule has 2 aromatic carbocycles. The van der Waals surface area contributed by atoms with Crippen LogP contribution in [0.15, 0.2) is 36.4 Å². The van der Waals surface area contributed by atoms with Gasteiger partial charge in [-0.25, -0.2) is 0 Å². The van der Waals surface area contributed by atoms with Crippen LogP contribution in [-0.2, 0) is 6.42 Å². The standard InChI is InChI=1S/C19H25NO4/c1-12-15(8-9-16(22)18(12)24)17(23)11-20-19(2,3)10-13-4-6-14(21)7-5-13/h4-9,17,20-24H,10-11H2,1-3H3. The lowest BCUT2D eigenvalue weighted by molar-refractivity contribution is 0.159. The van der Waals surface area contributed by atoms with E-state index in [9.17, 15) is 20.4 Å². The van der Waals surface area contributed by atoms with Crippen molar-refractivity contribution in [3.05, 3.63) is 53.1 Å². The van der Waals surface area contributed by atoms with E-state index in [1.54, 1.807) is 25.1 Å². The maximum absolute atomic E-state index is 10.4. The van der Waals surface area contributed by atoms with Crippen LogP contribution in [0, 0.1) is 6.92 Å². The molecule has 5 N–H and O–H groups in total. The Morgan fingerprint density at radius 2 is 1.62 bits per heavy atom. The van der Waals surface area contributed by atoms with Gasteiger partial charge < -0.3 is 25.7 Å². The SMILES string of the molecule is Cc1c(C(O)CNC(C)(C)Cc2ccc(O)cc2)ccc(O)c1O. The van der Waals surface area contributed by atoms with Crippen molar-refractivity contribution in [2.75, 3.05) is 6.54 Å². The van der Waals surface area contributed by atoms with Crippen LogP contribution in [0.25, 0.3) is 0 Å². The van der Waals surface area contributed by atoms with E-state index in [4.69, 9.17) is 0 Å². The molecule has 2 rings (SSSR count). The Balaban J connectivity index is 2.00. The Morgan fingerprint density at radius 1 is 1.00 bits per heavy atom. The molecular formula is C19H25NO4. The van der Waals surface area contributed by atoms with E-state index in [2.05, 4.69) is 5.32 Å². The maximum Gasteiger partial charge on any atom is 0.160 e. The second-order valence-electron chi connectivity index (χ2n) is 6.77. The number of nitrogens with one attached hydrogen (secondary N) is 1. The number of aliphatic hydroxyl groups excluding tert-OH is 1. The third kappa shape index (κ3) is 4.40. The van der Waals surface area contributed by atoms with Gasteiger partial charge in [0, 0.05) is 17.6 Å². The summed E-state index contributed by atoms with van der Waals surface area (Å²) in [5, 5.41) is 42.3. The van der Waals surface area contributed by atoms with Crippen molar-refractivity contribution in [1.82, 2.24) is 5.32 Å². The van der Waals surface area contributed by atoms with Crippen LogP contribution in [-0.4, -0.2) is 32.5 Å². The van der Waals surface area contributed by atoms with Gasteiger partial charge in [0.2, 0.25) is 0 Å². The summed E-state index contributed by atoms with van der Waals surface area (Å²) in [5.41, 5.74) is 1.88. The molecule has 0 bridgehead atoms. The number of β-amino-alcohol motifs (C(OH)–C–C–N with tert-alkyl or cyclic N) is 1.